The first kappa shape index (κ1) is 111. The monoisotopic (exact) mass is 2080 g/mol. The van der Waals surface area contributed by atoms with Gasteiger partial charge in [-0.2, -0.15) is 4.39 Å². The number of amides is 7. The topological polar surface area (TPSA) is 294 Å². The molecular weight excluding hydrogens is 1980 g/mol. The summed E-state index contributed by atoms with van der Waals surface area (Å²) >= 11 is 51.8. The number of aryl methyl sites for hydroxylation is 6. The molecule has 14 aromatic heterocycles. The van der Waals surface area contributed by atoms with Gasteiger partial charge in [-0.3, -0.25) is 33.6 Å². The fourth-order valence-electron chi connectivity index (χ4n) is 11.3. The quantitative estimate of drug-likeness (QED) is 0.0329. The Kier molecular flexibility index (Phi) is 44.9. The summed E-state index contributed by atoms with van der Waals surface area (Å²) in [6.07, 6.45) is 0.839. The Hall–Kier alpha value is -9.87. The molecule has 14 rings (SSSR count). The van der Waals surface area contributed by atoms with E-state index in [1.54, 1.807) is 84.9 Å². The Bertz CT molecular complexity index is 5700. The minimum atomic E-state index is -0.634. The normalized spacial score (nSPS) is 10.6. The average Bonchev–Trinajstić information content (AvgIpc) is 1.75. The molecule has 0 atom stereocenters. The Balaban J connectivity index is 0.000000213. The molecule has 0 saturated heterocycles. The summed E-state index contributed by atoms with van der Waals surface area (Å²) in [5.74, 6) is 2.37. The molecule has 14 aromatic rings. The minimum Gasteiger partial charge on any atom is -0.306 e. The standard InChI is InChI=1S/C15H17ClN2OS.2C14H15ClN2OS.C14H15FN2OS.C13H12Cl2N2OS.C13H12ClFN2OS.C12H11ClN2OS.C2H6/c1-4-10-6-5-7-13(17-10)18-15(19)12-8-11(16)14(20-12)9(2)3;3*1-8(2)13-10(15)7-11(19-13)14(18)17-12-6-4-5-9(3)16-12;2*1-7(2)12-8(14)6-9(19-12)13(18)17-11-5-3-4-10(15)16-11;1-7-4-3-5-11(14-7)15-12(16)10-6-9(13)8(2)17-10;1-2/h5-9H,4H2,1-3H3,(H,17,18,19);3*4-8H,1-3H3,(H,16,17,18);2*3-7H,1-2H3,(H,16,17,18);3-6H,1-2H3,(H,14,15,16);1-2H3. The fourth-order valence-corrected chi connectivity index (χ4v) is 20.8. The number of carbonyl (C=O) groups is 7. The summed E-state index contributed by atoms with van der Waals surface area (Å²) in [5, 5.41) is 23.2. The lowest BCUT2D eigenvalue weighted by Crippen LogP contribution is -2.11. The number of nitrogens with one attached hydrogen (secondary N) is 7. The minimum absolute atomic E-state index is 0.0728. The van der Waals surface area contributed by atoms with Gasteiger partial charge in [-0.15, -0.1) is 79.4 Å². The SMILES string of the molecule is CC.CC(C)c1sc(C(=O)Nc2cccc(Cl)n2)cc1Cl.CC(C)c1sc(C(=O)Nc2cccc(F)n2)cc1Cl.CCc1cccc(NC(=O)c2cc(Cl)c(C(C)C)s2)n1.Cc1cccc(NC(=O)c2cc(Cl)c(C(C)C)s2)n1.Cc1cccc(NC(=O)c2cc(Cl)c(C(C)C)s2)n1.Cc1cccc(NC(=O)c2cc(Cl)c(C)s2)n1.Cc1cccc(NC(=O)c2cc(F)c(C(C)C)s2)n1. The smallest absolute Gasteiger partial charge is 0.266 e. The predicted octanol–water partition coefficient (Wildman–Crippen LogP) is 31.5. The van der Waals surface area contributed by atoms with E-state index >= 15 is 0 Å². The molecule has 134 heavy (non-hydrogen) atoms. The summed E-state index contributed by atoms with van der Waals surface area (Å²) < 4.78 is 26.6. The zero-order valence-corrected chi connectivity index (χ0v) is 88.1. The molecule has 0 fully saturated rings. The van der Waals surface area contributed by atoms with Gasteiger partial charge in [0.15, 0.2) is 0 Å². The van der Waals surface area contributed by atoms with Crippen LogP contribution in [-0.4, -0.2) is 76.2 Å². The van der Waals surface area contributed by atoms with Gasteiger partial charge in [-0.05, 0) is 204 Å². The zero-order chi connectivity index (χ0) is 99.1. The second-order valence-corrected chi connectivity index (χ2v) is 41.4. The van der Waals surface area contributed by atoms with Crippen LogP contribution in [0.5, 0.6) is 0 Å². The van der Waals surface area contributed by atoms with Crippen LogP contribution < -0.4 is 37.2 Å². The van der Waals surface area contributed by atoms with Crippen LogP contribution in [0, 0.1) is 46.4 Å². The van der Waals surface area contributed by atoms with Crippen molar-refractivity contribution < 1.29 is 42.3 Å². The molecule has 0 saturated carbocycles. The maximum Gasteiger partial charge on any atom is 0.266 e. The number of carbonyl (C=O) groups excluding carboxylic acids is 7. The predicted molar refractivity (Wildman–Crippen MR) is 559 cm³/mol. The van der Waals surface area contributed by atoms with Gasteiger partial charge >= 0.3 is 0 Å². The van der Waals surface area contributed by atoms with E-state index < -0.39 is 5.95 Å². The Labute approximate surface area is 843 Å². The van der Waals surface area contributed by atoms with E-state index in [0.717, 1.165) is 64.2 Å². The number of aromatic nitrogens is 7. The number of rotatable bonds is 21. The van der Waals surface area contributed by atoms with Crippen LogP contribution in [0.25, 0.3) is 0 Å². The Morgan fingerprint density at radius 1 is 0.284 bits per heavy atom. The number of pyridine rings is 7. The van der Waals surface area contributed by atoms with E-state index in [-0.39, 0.29) is 64.8 Å². The van der Waals surface area contributed by atoms with Crippen molar-refractivity contribution in [1.29, 1.82) is 0 Å². The zero-order valence-electron chi connectivity index (χ0n) is 77.1. The number of halogens is 9. The lowest BCUT2D eigenvalue weighted by atomic mass is 10.2. The molecule has 0 unspecified atom stereocenters. The second kappa shape index (κ2) is 54.2. The van der Waals surface area contributed by atoms with Crippen LogP contribution >= 0.6 is 161 Å². The second-order valence-electron chi connectivity index (χ2n) is 30.8. The molecule has 0 bridgehead atoms. The summed E-state index contributed by atoms with van der Waals surface area (Å²) in [6, 6.07) is 48.2. The van der Waals surface area contributed by atoms with Crippen molar-refractivity contribution in [2.24, 2.45) is 0 Å². The van der Waals surface area contributed by atoms with Crippen molar-refractivity contribution in [3.05, 3.63) is 314 Å². The Morgan fingerprint density at radius 3 is 0.739 bits per heavy atom. The first-order chi connectivity index (χ1) is 63.4. The van der Waals surface area contributed by atoms with E-state index in [1.807, 2.05) is 158 Å². The molecular formula is C97H103Cl7F2N14O7S7. The van der Waals surface area contributed by atoms with Gasteiger partial charge < -0.3 is 37.2 Å². The lowest BCUT2D eigenvalue weighted by Gasteiger charge is -2.04. The van der Waals surface area contributed by atoms with Crippen LogP contribution in [-0.2, 0) is 6.42 Å². The largest absolute Gasteiger partial charge is 0.306 e. The van der Waals surface area contributed by atoms with E-state index in [0.29, 0.717) is 133 Å². The fraction of sp³-hybridized carbons (Fsp3) is 0.278. The summed E-state index contributed by atoms with van der Waals surface area (Å²) in [4.78, 5) is 124. The van der Waals surface area contributed by atoms with Gasteiger partial charge in [-0.25, -0.2) is 39.3 Å². The maximum absolute atomic E-state index is 13.6. The van der Waals surface area contributed by atoms with Gasteiger partial charge in [0, 0.05) is 62.6 Å². The molecule has 7 N–H and O–H groups in total. The Morgan fingerprint density at radius 2 is 0.507 bits per heavy atom. The highest BCUT2D eigenvalue weighted by Crippen LogP contribution is 2.39. The third kappa shape index (κ3) is 35.0. The van der Waals surface area contributed by atoms with E-state index in [9.17, 15) is 42.3 Å². The van der Waals surface area contributed by atoms with Crippen molar-refractivity contribution in [2.45, 2.75) is 180 Å². The lowest BCUT2D eigenvalue weighted by molar-refractivity contribution is 0.102. The van der Waals surface area contributed by atoms with E-state index in [4.69, 9.17) is 81.2 Å². The van der Waals surface area contributed by atoms with Crippen LogP contribution in [0.2, 0.25) is 35.3 Å². The number of anilines is 7. The third-order valence-corrected chi connectivity index (χ3v) is 30.2. The molecule has 708 valence electrons. The highest BCUT2D eigenvalue weighted by atomic mass is 35.5. The highest BCUT2D eigenvalue weighted by molar-refractivity contribution is 7.17. The van der Waals surface area contributed by atoms with E-state index in [2.05, 4.69) is 114 Å². The summed E-state index contributed by atoms with van der Waals surface area (Å²) in [6.45, 7) is 39.6. The molecule has 0 aliphatic carbocycles. The number of thiophene rings is 7. The molecule has 0 radical (unpaired) electrons. The van der Waals surface area contributed by atoms with Crippen LogP contribution in [0.4, 0.5) is 49.5 Å². The molecule has 7 amide bonds. The van der Waals surface area contributed by atoms with Gasteiger partial charge in [-0.1, -0.05) is 228 Å². The van der Waals surface area contributed by atoms with Crippen molar-refractivity contribution in [3.8, 4) is 0 Å². The van der Waals surface area contributed by atoms with E-state index in [1.165, 1.54) is 104 Å². The molecule has 0 spiro atoms. The van der Waals surface area contributed by atoms with Gasteiger partial charge in [0.2, 0.25) is 5.95 Å². The third-order valence-electron chi connectivity index (χ3n) is 17.7. The van der Waals surface area contributed by atoms with Gasteiger partial charge in [0.1, 0.15) is 51.7 Å². The first-order valence-corrected chi connectivity index (χ1v) is 50.4. The average molecular weight is 2090 g/mol. The highest BCUT2D eigenvalue weighted by Gasteiger charge is 2.24. The van der Waals surface area contributed by atoms with Crippen LogP contribution in [0.3, 0.4) is 0 Å². The molecule has 21 nitrogen and oxygen atoms in total. The summed E-state index contributed by atoms with van der Waals surface area (Å²) in [7, 11) is 0. The first-order valence-electron chi connectivity index (χ1n) is 42.1. The molecule has 0 aliphatic heterocycles. The van der Waals surface area contributed by atoms with Crippen LogP contribution in [0.15, 0.2) is 170 Å². The van der Waals surface area contributed by atoms with Crippen molar-refractivity contribution in [1.82, 2.24) is 34.9 Å². The number of hydrogen-bond donors (Lipinski definition) is 7. The number of nitrogens with zero attached hydrogens (tertiary/aromatic N) is 7. The van der Waals surface area contributed by atoms with Gasteiger partial charge in [0.25, 0.3) is 41.4 Å². The number of hydrogen-bond acceptors (Lipinski definition) is 21. The molecule has 14 heterocycles. The van der Waals surface area contributed by atoms with Crippen molar-refractivity contribution >= 4 is 243 Å². The van der Waals surface area contributed by atoms with Crippen LogP contribution in [0.1, 0.15) is 270 Å². The molecule has 0 aliphatic rings. The molecule has 0 aromatic carbocycles. The van der Waals surface area contributed by atoms with Crippen molar-refractivity contribution in [3.63, 3.8) is 0 Å². The molecule has 37 heteroatoms. The van der Waals surface area contributed by atoms with Crippen molar-refractivity contribution in [2.75, 3.05) is 37.2 Å². The summed E-state index contributed by atoms with van der Waals surface area (Å²) in [5.41, 5.74) is 4.37. The van der Waals surface area contributed by atoms with Gasteiger partial charge in [0.05, 0.1) is 64.3 Å². The maximum atomic E-state index is 13.6.